The van der Waals surface area contributed by atoms with Crippen LogP contribution in [0.5, 0.6) is 0 Å². The van der Waals surface area contributed by atoms with Gasteiger partial charge >= 0.3 is 0 Å². The number of nitrogens with zero attached hydrogens (tertiary/aromatic N) is 3. The van der Waals surface area contributed by atoms with Gasteiger partial charge in [-0.05, 0) is 23.9 Å². The van der Waals surface area contributed by atoms with Crippen LogP contribution >= 0.6 is 0 Å². The third-order valence-electron chi connectivity index (χ3n) is 4.96. The van der Waals surface area contributed by atoms with Crippen LogP contribution in [0.4, 0.5) is 4.39 Å². The highest BCUT2D eigenvalue weighted by Gasteiger charge is 2.29. The van der Waals surface area contributed by atoms with E-state index in [4.69, 9.17) is 10.2 Å². The zero-order valence-corrected chi connectivity index (χ0v) is 15.1. The number of fused-ring (bicyclic) bond motifs is 1. The van der Waals surface area contributed by atoms with Crippen molar-refractivity contribution >= 4 is 16.7 Å². The molecule has 1 saturated heterocycles. The van der Waals surface area contributed by atoms with Gasteiger partial charge in [0.2, 0.25) is 5.91 Å². The number of halogens is 1. The Labute approximate surface area is 156 Å². The third-order valence-corrected chi connectivity index (χ3v) is 4.96. The molecule has 3 heterocycles. The number of amides is 1. The number of oxazole rings is 1. The number of hydrogen-bond donors (Lipinski definition) is 1. The molecule has 1 aromatic carbocycles. The lowest BCUT2D eigenvalue weighted by Crippen LogP contribution is -2.50. The maximum absolute atomic E-state index is 13.8. The van der Waals surface area contributed by atoms with Crippen molar-refractivity contribution in [3.8, 4) is 11.3 Å². The summed E-state index contributed by atoms with van der Waals surface area (Å²) in [5, 5.41) is 1.93. The van der Waals surface area contributed by atoms with E-state index < -0.39 is 12.2 Å². The molecule has 1 fully saturated rings. The number of hydrogen-bond acceptors (Lipinski definition) is 5. The number of aromatic nitrogens is 2. The van der Waals surface area contributed by atoms with Crippen molar-refractivity contribution < 1.29 is 13.6 Å². The number of benzene rings is 1. The van der Waals surface area contributed by atoms with Crippen LogP contribution in [0.15, 0.2) is 41.1 Å². The van der Waals surface area contributed by atoms with E-state index in [1.165, 1.54) is 4.90 Å². The fourth-order valence-corrected chi connectivity index (χ4v) is 3.35. The Balaban J connectivity index is 1.54. The van der Waals surface area contributed by atoms with Crippen LogP contribution in [0.3, 0.4) is 0 Å². The summed E-state index contributed by atoms with van der Waals surface area (Å²) in [4.78, 5) is 22.5. The van der Waals surface area contributed by atoms with Crippen LogP contribution in [0, 0.1) is 6.92 Å². The average Bonchev–Trinajstić information content (AvgIpc) is 3.09. The van der Waals surface area contributed by atoms with Crippen LogP contribution in [0.1, 0.15) is 18.0 Å². The van der Waals surface area contributed by atoms with Crippen molar-refractivity contribution in [3.05, 3.63) is 48.2 Å². The molecule has 0 radical (unpaired) electrons. The SMILES string of the molecule is Cc1ncc(-c2ccc3cnc(CC(=O)N4CC[C@@H](N)[C@H](F)C4)cc3c2)o1. The summed E-state index contributed by atoms with van der Waals surface area (Å²) >= 11 is 0. The van der Waals surface area contributed by atoms with Gasteiger partial charge in [-0.25, -0.2) is 9.37 Å². The van der Waals surface area contributed by atoms with E-state index in [9.17, 15) is 9.18 Å². The van der Waals surface area contributed by atoms with E-state index in [0.717, 1.165) is 16.3 Å². The molecule has 0 saturated carbocycles. The minimum absolute atomic E-state index is 0.0581. The van der Waals surface area contributed by atoms with E-state index >= 15 is 0 Å². The zero-order valence-electron chi connectivity index (χ0n) is 15.1. The van der Waals surface area contributed by atoms with Crippen molar-refractivity contribution in [3.63, 3.8) is 0 Å². The van der Waals surface area contributed by atoms with Crippen molar-refractivity contribution in [2.75, 3.05) is 13.1 Å². The fraction of sp³-hybridized carbons (Fsp3) is 0.350. The number of rotatable bonds is 3. The first kappa shape index (κ1) is 17.6. The second kappa shape index (κ2) is 7.08. The van der Waals surface area contributed by atoms with E-state index in [1.807, 2.05) is 24.3 Å². The van der Waals surface area contributed by atoms with E-state index in [1.54, 1.807) is 19.3 Å². The highest BCUT2D eigenvalue weighted by molar-refractivity contribution is 5.87. The number of piperidine rings is 1. The molecular formula is C20H21FN4O2. The summed E-state index contributed by atoms with van der Waals surface area (Å²) in [6.45, 7) is 2.35. The van der Waals surface area contributed by atoms with E-state index in [0.29, 0.717) is 30.3 Å². The molecular weight excluding hydrogens is 347 g/mol. The summed E-state index contributed by atoms with van der Waals surface area (Å²) in [7, 11) is 0. The van der Waals surface area contributed by atoms with Crippen LogP contribution in [-0.2, 0) is 11.2 Å². The van der Waals surface area contributed by atoms with Gasteiger partial charge in [0.25, 0.3) is 0 Å². The second-order valence-corrected chi connectivity index (χ2v) is 6.97. The lowest BCUT2D eigenvalue weighted by atomic mass is 10.0. The Hall–Kier alpha value is -2.80. The average molecular weight is 368 g/mol. The molecule has 1 aliphatic heterocycles. The molecule has 0 bridgehead atoms. The van der Waals surface area contributed by atoms with E-state index in [-0.39, 0.29) is 18.9 Å². The first-order chi connectivity index (χ1) is 13.0. The number of aryl methyl sites for hydroxylation is 1. The fourth-order valence-electron chi connectivity index (χ4n) is 3.35. The van der Waals surface area contributed by atoms with Crippen molar-refractivity contribution in [2.45, 2.75) is 32.0 Å². The molecule has 1 aliphatic rings. The number of pyridine rings is 1. The van der Waals surface area contributed by atoms with Crippen molar-refractivity contribution in [1.29, 1.82) is 0 Å². The number of nitrogens with two attached hydrogens (primary N) is 1. The van der Waals surface area contributed by atoms with Gasteiger partial charge in [0.1, 0.15) is 6.17 Å². The number of carbonyl (C=O) groups excluding carboxylic acids is 1. The molecule has 0 aliphatic carbocycles. The van der Waals surface area contributed by atoms with Gasteiger partial charge < -0.3 is 15.1 Å². The summed E-state index contributed by atoms with van der Waals surface area (Å²) in [5.74, 6) is 1.18. The standard InChI is InChI=1S/C20H21FN4O2/c1-12-23-10-19(27-12)13-2-3-14-9-24-16(7-15(14)6-13)8-20(26)25-5-4-18(22)17(21)11-25/h2-3,6-7,9-10,17-18H,4-5,8,11,22H2,1H3/t17-,18-/m1/s1. The van der Waals surface area contributed by atoms with E-state index in [2.05, 4.69) is 9.97 Å². The normalized spacial score (nSPS) is 20.2. The molecule has 2 atom stereocenters. The molecule has 3 aromatic rings. The predicted octanol–water partition coefficient (Wildman–Crippen LogP) is 2.64. The monoisotopic (exact) mass is 368 g/mol. The number of likely N-dealkylation sites (tertiary alicyclic amines) is 1. The maximum atomic E-state index is 13.8. The molecule has 7 heteroatoms. The minimum Gasteiger partial charge on any atom is -0.441 e. The summed E-state index contributed by atoms with van der Waals surface area (Å²) in [5.41, 5.74) is 7.25. The van der Waals surface area contributed by atoms with Gasteiger partial charge in [-0.15, -0.1) is 0 Å². The number of carbonyl (C=O) groups is 1. The Morgan fingerprint density at radius 1 is 1.30 bits per heavy atom. The molecule has 2 aromatic heterocycles. The van der Waals surface area contributed by atoms with Crippen LogP contribution in [0.25, 0.3) is 22.1 Å². The highest BCUT2D eigenvalue weighted by Crippen LogP contribution is 2.25. The minimum atomic E-state index is -1.17. The number of alkyl halides is 1. The van der Waals surface area contributed by atoms with Gasteiger partial charge in [0, 0.05) is 36.7 Å². The molecule has 0 spiro atoms. The van der Waals surface area contributed by atoms with Crippen LogP contribution < -0.4 is 5.73 Å². The molecule has 2 N–H and O–H groups in total. The Bertz CT molecular complexity index is 987. The maximum Gasteiger partial charge on any atom is 0.228 e. The zero-order chi connectivity index (χ0) is 19.0. The van der Waals surface area contributed by atoms with Gasteiger partial charge in [-0.3, -0.25) is 9.78 Å². The second-order valence-electron chi connectivity index (χ2n) is 6.97. The topological polar surface area (TPSA) is 85.2 Å². The molecule has 0 unspecified atom stereocenters. The van der Waals surface area contributed by atoms with Crippen LogP contribution in [-0.4, -0.2) is 46.1 Å². The molecule has 1 amide bonds. The van der Waals surface area contributed by atoms with Crippen molar-refractivity contribution in [1.82, 2.24) is 14.9 Å². The highest BCUT2D eigenvalue weighted by atomic mass is 19.1. The lowest BCUT2D eigenvalue weighted by molar-refractivity contribution is -0.132. The molecule has 4 rings (SSSR count). The van der Waals surface area contributed by atoms with Gasteiger partial charge in [-0.2, -0.15) is 0 Å². The van der Waals surface area contributed by atoms with Crippen LogP contribution in [0.2, 0.25) is 0 Å². The first-order valence-corrected chi connectivity index (χ1v) is 8.98. The lowest BCUT2D eigenvalue weighted by Gasteiger charge is -2.32. The molecule has 140 valence electrons. The third kappa shape index (κ3) is 3.68. The smallest absolute Gasteiger partial charge is 0.228 e. The summed E-state index contributed by atoms with van der Waals surface area (Å²) < 4.78 is 19.4. The largest absolute Gasteiger partial charge is 0.441 e. The Morgan fingerprint density at radius 3 is 2.89 bits per heavy atom. The quantitative estimate of drug-likeness (QED) is 0.768. The summed E-state index contributed by atoms with van der Waals surface area (Å²) in [6, 6.07) is 7.31. The summed E-state index contributed by atoms with van der Waals surface area (Å²) in [6.07, 6.45) is 2.90. The van der Waals surface area contributed by atoms with Gasteiger partial charge in [0.15, 0.2) is 11.7 Å². The van der Waals surface area contributed by atoms with Gasteiger partial charge in [0.05, 0.1) is 24.9 Å². The predicted molar refractivity (Wildman–Crippen MR) is 99.7 cm³/mol. The Kier molecular flexibility index (Phi) is 4.61. The molecule has 27 heavy (non-hydrogen) atoms. The first-order valence-electron chi connectivity index (χ1n) is 8.98. The van der Waals surface area contributed by atoms with Gasteiger partial charge in [-0.1, -0.05) is 12.1 Å². The molecule has 6 nitrogen and oxygen atoms in total. The van der Waals surface area contributed by atoms with Crippen molar-refractivity contribution in [2.24, 2.45) is 5.73 Å². The Morgan fingerprint density at radius 2 is 2.15 bits per heavy atom.